The molecule has 26 heavy (non-hydrogen) atoms. The predicted octanol–water partition coefficient (Wildman–Crippen LogP) is 3.96. The van der Waals surface area contributed by atoms with Gasteiger partial charge in [-0.1, -0.05) is 12.1 Å². The minimum absolute atomic E-state index is 0.0953. The van der Waals surface area contributed by atoms with E-state index in [0.717, 1.165) is 6.07 Å². The van der Waals surface area contributed by atoms with E-state index in [2.05, 4.69) is 5.32 Å². The molecule has 2 amide bonds. The summed E-state index contributed by atoms with van der Waals surface area (Å²) >= 11 is 0. The first kappa shape index (κ1) is 17.8. The summed E-state index contributed by atoms with van der Waals surface area (Å²) < 4.78 is 27.7. The summed E-state index contributed by atoms with van der Waals surface area (Å²) in [7, 11) is 0. The van der Waals surface area contributed by atoms with Crippen LogP contribution >= 0.6 is 0 Å². The number of carboxylic acid groups (broad SMARTS) is 1. The summed E-state index contributed by atoms with van der Waals surface area (Å²) in [5.74, 6) is -2.00. The number of benzene rings is 2. The highest BCUT2D eigenvalue weighted by Gasteiger charge is 2.42. The van der Waals surface area contributed by atoms with Crippen LogP contribution in [0.15, 0.2) is 42.5 Å². The fraction of sp³-hybridized carbons (Fsp3) is 0.263. The van der Waals surface area contributed by atoms with E-state index in [1.54, 1.807) is 13.0 Å². The Labute approximate surface area is 149 Å². The number of aliphatic carboxylic acids is 1. The molecule has 1 saturated heterocycles. The molecule has 2 aromatic rings. The minimum Gasteiger partial charge on any atom is -0.481 e. The molecule has 3 rings (SSSR count). The standard InChI is InChI=1S/C19H18F2N2O3/c1-19(17(24)25)7-8-23(11-19)18(26)22-14-5-6-15(16(21)10-14)12-3-2-4-13(20)9-12/h2-6,9-10H,7-8,11H2,1H3,(H,22,26)(H,24,25). The van der Waals surface area contributed by atoms with Gasteiger partial charge in [0.25, 0.3) is 0 Å². The van der Waals surface area contributed by atoms with Crippen molar-refractivity contribution in [2.24, 2.45) is 5.41 Å². The highest BCUT2D eigenvalue weighted by molar-refractivity contribution is 5.90. The third-order valence-electron chi connectivity index (χ3n) is 4.63. The summed E-state index contributed by atoms with van der Waals surface area (Å²) in [6.07, 6.45) is 0.364. The molecule has 1 fully saturated rings. The van der Waals surface area contributed by atoms with Crippen molar-refractivity contribution in [3.63, 3.8) is 0 Å². The molecule has 0 bridgehead atoms. The lowest BCUT2D eigenvalue weighted by molar-refractivity contribution is -0.146. The molecule has 1 atom stereocenters. The highest BCUT2D eigenvalue weighted by Crippen LogP contribution is 2.31. The van der Waals surface area contributed by atoms with Crippen molar-refractivity contribution in [3.8, 4) is 11.1 Å². The van der Waals surface area contributed by atoms with Crippen LogP contribution in [-0.2, 0) is 4.79 Å². The van der Waals surface area contributed by atoms with E-state index < -0.39 is 29.0 Å². The molecule has 0 aliphatic carbocycles. The topological polar surface area (TPSA) is 69.6 Å². The maximum absolute atomic E-state index is 14.4. The molecule has 2 N–H and O–H groups in total. The number of hydrogen-bond donors (Lipinski definition) is 2. The van der Waals surface area contributed by atoms with Crippen molar-refractivity contribution < 1.29 is 23.5 Å². The Bertz CT molecular complexity index is 872. The minimum atomic E-state index is -0.968. The second-order valence-corrected chi connectivity index (χ2v) is 6.67. The summed E-state index contributed by atoms with van der Waals surface area (Å²) in [6, 6.07) is 9.25. The zero-order valence-electron chi connectivity index (χ0n) is 14.1. The molecule has 0 saturated carbocycles. The van der Waals surface area contributed by atoms with Crippen LogP contribution in [0.5, 0.6) is 0 Å². The van der Waals surface area contributed by atoms with E-state index in [1.165, 1.54) is 35.2 Å². The number of halogens is 2. The van der Waals surface area contributed by atoms with Crippen molar-refractivity contribution in [1.29, 1.82) is 0 Å². The molecule has 136 valence electrons. The lowest BCUT2D eigenvalue weighted by Gasteiger charge is -2.20. The average molecular weight is 360 g/mol. The molecule has 2 aromatic carbocycles. The van der Waals surface area contributed by atoms with Crippen molar-refractivity contribution in [1.82, 2.24) is 4.90 Å². The SMILES string of the molecule is CC1(C(=O)O)CCN(C(=O)Nc2ccc(-c3cccc(F)c3)c(F)c2)C1. The molecule has 0 aromatic heterocycles. The van der Waals surface area contributed by atoms with Crippen LogP contribution in [0.2, 0.25) is 0 Å². The number of carbonyl (C=O) groups is 2. The average Bonchev–Trinajstić information content (AvgIpc) is 2.99. The second-order valence-electron chi connectivity index (χ2n) is 6.67. The lowest BCUT2D eigenvalue weighted by Crippen LogP contribution is -2.37. The molecule has 7 heteroatoms. The molecule has 1 aliphatic heterocycles. The van der Waals surface area contributed by atoms with Crippen LogP contribution < -0.4 is 5.32 Å². The van der Waals surface area contributed by atoms with E-state index in [4.69, 9.17) is 0 Å². The van der Waals surface area contributed by atoms with Gasteiger partial charge in [0.05, 0.1) is 5.41 Å². The predicted molar refractivity (Wildman–Crippen MR) is 92.7 cm³/mol. The molecule has 5 nitrogen and oxygen atoms in total. The Kier molecular flexibility index (Phi) is 4.63. The van der Waals surface area contributed by atoms with Crippen molar-refractivity contribution in [2.45, 2.75) is 13.3 Å². The number of nitrogens with zero attached hydrogens (tertiary/aromatic N) is 1. The van der Waals surface area contributed by atoms with Gasteiger partial charge < -0.3 is 15.3 Å². The number of carboxylic acids is 1. The van der Waals surface area contributed by atoms with Gasteiger partial charge in [-0.25, -0.2) is 13.6 Å². The number of hydrogen-bond acceptors (Lipinski definition) is 2. The van der Waals surface area contributed by atoms with Gasteiger partial charge >= 0.3 is 12.0 Å². The Morgan fingerprint density at radius 1 is 1.19 bits per heavy atom. The van der Waals surface area contributed by atoms with Gasteiger partial charge in [0, 0.05) is 24.3 Å². The third-order valence-corrected chi connectivity index (χ3v) is 4.63. The summed E-state index contributed by atoms with van der Waals surface area (Å²) in [5, 5.41) is 11.8. The summed E-state index contributed by atoms with van der Waals surface area (Å²) in [6.45, 7) is 2.01. The zero-order chi connectivity index (χ0) is 18.9. The molecule has 0 radical (unpaired) electrons. The van der Waals surface area contributed by atoms with Crippen molar-refractivity contribution in [2.75, 3.05) is 18.4 Å². The molecular formula is C19H18F2N2O3. The summed E-state index contributed by atoms with van der Waals surface area (Å²) in [5.41, 5.74) is -0.0973. The van der Waals surface area contributed by atoms with Crippen molar-refractivity contribution in [3.05, 3.63) is 54.1 Å². The monoisotopic (exact) mass is 360 g/mol. The number of rotatable bonds is 3. The Hall–Kier alpha value is -2.96. The number of likely N-dealkylation sites (tertiary alicyclic amines) is 1. The largest absolute Gasteiger partial charge is 0.481 e. The first-order valence-electron chi connectivity index (χ1n) is 8.13. The van der Waals surface area contributed by atoms with Crippen LogP contribution in [0.25, 0.3) is 11.1 Å². The van der Waals surface area contributed by atoms with Crippen LogP contribution in [-0.4, -0.2) is 35.1 Å². The van der Waals surface area contributed by atoms with E-state index >= 15 is 0 Å². The van der Waals surface area contributed by atoms with Gasteiger partial charge in [0.1, 0.15) is 11.6 Å². The first-order chi connectivity index (χ1) is 12.3. The quantitative estimate of drug-likeness (QED) is 0.870. The number of amides is 2. The van der Waals surface area contributed by atoms with Gasteiger partial charge in [-0.05, 0) is 49.2 Å². The normalized spacial score (nSPS) is 19.4. The number of carbonyl (C=O) groups excluding carboxylic acids is 1. The van der Waals surface area contributed by atoms with Crippen LogP contribution in [0.3, 0.4) is 0 Å². The maximum Gasteiger partial charge on any atom is 0.321 e. The lowest BCUT2D eigenvalue weighted by atomic mass is 9.90. The van der Waals surface area contributed by atoms with Gasteiger partial charge in [-0.15, -0.1) is 0 Å². The number of anilines is 1. The molecule has 0 spiro atoms. The Morgan fingerprint density at radius 3 is 2.58 bits per heavy atom. The maximum atomic E-state index is 14.4. The van der Waals surface area contributed by atoms with Crippen LogP contribution in [0, 0.1) is 17.0 Å². The smallest absolute Gasteiger partial charge is 0.321 e. The van der Waals surface area contributed by atoms with Crippen LogP contribution in [0.1, 0.15) is 13.3 Å². The van der Waals surface area contributed by atoms with Gasteiger partial charge in [0.15, 0.2) is 0 Å². The number of nitrogens with one attached hydrogen (secondary N) is 1. The van der Waals surface area contributed by atoms with Gasteiger partial charge in [-0.2, -0.15) is 0 Å². The van der Waals surface area contributed by atoms with Gasteiger partial charge in [0.2, 0.25) is 0 Å². The molecule has 1 aliphatic rings. The molecule has 1 heterocycles. The summed E-state index contributed by atoms with van der Waals surface area (Å²) in [4.78, 5) is 24.9. The number of urea groups is 1. The third kappa shape index (κ3) is 3.51. The fourth-order valence-electron chi connectivity index (χ4n) is 2.99. The second kappa shape index (κ2) is 6.74. The first-order valence-corrected chi connectivity index (χ1v) is 8.13. The Morgan fingerprint density at radius 2 is 1.96 bits per heavy atom. The van der Waals surface area contributed by atoms with Crippen LogP contribution in [0.4, 0.5) is 19.3 Å². The fourth-order valence-corrected chi connectivity index (χ4v) is 2.99. The Balaban J connectivity index is 1.72. The van der Waals surface area contributed by atoms with E-state index in [9.17, 15) is 23.5 Å². The van der Waals surface area contributed by atoms with E-state index in [0.29, 0.717) is 18.5 Å². The van der Waals surface area contributed by atoms with Crippen molar-refractivity contribution >= 4 is 17.7 Å². The van der Waals surface area contributed by atoms with E-state index in [1.807, 2.05) is 0 Å². The van der Waals surface area contributed by atoms with E-state index in [-0.39, 0.29) is 17.8 Å². The molecular weight excluding hydrogens is 342 g/mol. The van der Waals surface area contributed by atoms with Gasteiger partial charge in [-0.3, -0.25) is 4.79 Å². The zero-order valence-corrected chi connectivity index (χ0v) is 14.1. The molecule has 1 unspecified atom stereocenters. The highest BCUT2D eigenvalue weighted by atomic mass is 19.1.